The number of hydrogen-bond acceptors (Lipinski definition) is 2. The molecule has 22 heavy (non-hydrogen) atoms. The maximum absolute atomic E-state index is 11.1. The smallest absolute Gasteiger partial charge is 0.128 e. The summed E-state index contributed by atoms with van der Waals surface area (Å²) >= 11 is 0. The molecule has 0 aliphatic heterocycles. The molecule has 6 fully saturated rings. The van der Waals surface area contributed by atoms with Crippen molar-refractivity contribution in [3.63, 3.8) is 0 Å². The maximum atomic E-state index is 11.1. The summed E-state index contributed by atoms with van der Waals surface area (Å²) in [7, 11) is 0. The molecule has 0 aromatic carbocycles. The average Bonchev–Trinajstić information content (AvgIpc) is 2.45. The molecule has 6 aliphatic carbocycles. The van der Waals surface area contributed by atoms with Gasteiger partial charge in [-0.15, -0.1) is 0 Å². The topological polar surface area (TPSA) is 40.5 Å². The van der Waals surface area contributed by atoms with Gasteiger partial charge in [0.1, 0.15) is 11.2 Å². The third-order valence-electron chi connectivity index (χ3n) is 8.34. The standard InChI is InChI=1S/C20H30O2/c1-17(2)13-5-7-19(21,15(17)11-13)9-10-20(22)8-6-14-12-16(20)18(14,3)4/h13-16,21-22H,5-8,11-12H2,1-4H3/t13-,14-,15-,16-,19-,20-/m0/s1. The summed E-state index contributed by atoms with van der Waals surface area (Å²) in [5.74, 6) is 8.46. The van der Waals surface area contributed by atoms with Crippen molar-refractivity contribution in [1.29, 1.82) is 0 Å². The van der Waals surface area contributed by atoms with Crippen molar-refractivity contribution in [2.45, 2.75) is 77.4 Å². The number of aliphatic hydroxyl groups is 2. The molecule has 2 N–H and O–H groups in total. The minimum absolute atomic E-state index is 0.206. The summed E-state index contributed by atoms with van der Waals surface area (Å²) in [5.41, 5.74) is -1.34. The van der Waals surface area contributed by atoms with Gasteiger partial charge in [-0.25, -0.2) is 0 Å². The largest absolute Gasteiger partial charge is 0.377 e. The first-order valence-corrected chi connectivity index (χ1v) is 9.09. The normalized spacial score (nSPS) is 53.5. The fraction of sp³-hybridized carbons (Fsp3) is 0.900. The van der Waals surface area contributed by atoms with Gasteiger partial charge in [-0.3, -0.25) is 0 Å². The van der Waals surface area contributed by atoms with Crippen LogP contribution in [0.25, 0.3) is 0 Å². The van der Waals surface area contributed by atoms with Gasteiger partial charge in [-0.2, -0.15) is 0 Å². The molecule has 6 aliphatic rings. The number of rotatable bonds is 0. The SMILES string of the molecule is CC1(C)[C@H]2CC[C@](O)(C#C[C@@]3(O)CC[C@H]4C[C@H]3C4(C)C)[C@H]1C2. The highest BCUT2D eigenvalue weighted by atomic mass is 16.3. The Balaban J connectivity index is 1.60. The van der Waals surface area contributed by atoms with E-state index < -0.39 is 11.2 Å². The van der Waals surface area contributed by atoms with Crippen LogP contribution in [0.15, 0.2) is 0 Å². The molecule has 0 amide bonds. The lowest BCUT2D eigenvalue weighted by Crippen LogP contribution is -2.62. The molecule has 6 saturated carbocycles. The molecule has 0 radical (unpaired) electrons. The third-order valence-corrected chi connectivity index (χ3v) is 8.34. The van der Waals surface area contributed by atoms with Gasteiger partial charge in [0.05, 0.1) is 0 Å². The van der Waals surface area contributed by atoms with E-state index in [4.69, 9.17) is 0 Å². The highest BCUT2D eigenvalue weighted by Crippen LogP contribution is 2.64. The van der Waals surface area contributed by atoms with Gasteiger partial charge < -0.3 is 10.2 Å². The summed E-state index contributed by atoms with van der Waals surface area (Å²) < 4.78 is 0. The Kier molecular flexibility index (Phi) is 2.81. The van der Waals surface area contributed by atoms with E-state index in [0.717, 1.165) is 50.4 Å². The molecule has 0 unspecified atom stereocenters. The molecule has 0 saturated heterocycles. The van der Waals surface area contributed by atoms with E-state index in [2.05, 4.69) is 39.5 Å². The minimum Gasteiger partial charge on any atom is -0.377 e. The molecule has 6 atom stereocenters. The molecule has 6 rings (SSSR count). The van der Waals surface area contributed by atoms with Gasteiger partial charge in [-0.05, 0) is 61.2 Å². The summed E-state index contributed by atoms with van der Waals surface area (Å²) in [5, 5.41) is 22.2. The molecule has 0 heterocycles. The van der Waals surface area contributed by atoms with Crippen molar-refractivity contribution in [2.24, 2.45) is 34.5 Å². The van der Waals surface area contributed by atoms with Crippen molar-refractivity contribution >= 4 is 0 Å². The van der Waals surface area contributed by atoms with Gasteiger partial charge in [0.25, 0.3) is 0 Å². The van der Waals surface area contributed by atoms with Crippen molar-refractivity contribution in [3.05, 3.63) is 0 Å². The first-order chi connectivity index (χ1) is 10.1. The molecule has 4 bridgehead atoms. The highest BCUT2D eigenvalue weighted by Gasteiger charge is 2.62. The predicted octanol–water partition coefficient (Wildman–Crippen LogP) is 3.36. The number of fused-ring (bicyclic) bond motifs is 4. The van der Waals surface area contributed by atoms with Crippen LogP contribution in [0.4, 0.5) is 0 Å². The molecule has 0 spiro atoms. The first-order valence-electron chi connectivity index (χ1n) is 9.09. The fourth-order valence-electron chi connectivity index (χ4n) is 6.29. The molecule has 122 valence electrons. The second-order valence-electron chi connectivity index (χ2n) is 9.79. The Morgan fingerprint density at radius 1 is 0.727 bits per heavy atom. The third kappa shape index (κ3) is 1.70. The van der Waals surface area contributed by atoms with Crippen molar-refractivity contribution in [2.75, 3.05) is 0 Å². The van der Waals surface area contributed by atoms with Crippen molar-refractivity contribution in [3.8, 4) is 11.8 Å². The molecule has 2 nitrogen and oxygen atoms in total. The Morgan fingerprint density at radius 3 is 1.36 bits per heavy atom. The summed E-state index contributed by atoms with van der Waals surface area (Å²) in [6.07, 6.45) is 5.92. The highest BCUT2D eigenvalue weighted by molar-refractivity contribution is 5.31. The van der Waals surface area contributed by atoms with Crippen LogP contribution in [-0.2, 0) is 0 Å². The van der Waals surface area contributed by atoms with Crippen molar-refractivity contribution < 1.29 is 10.2 Å². The zero-order chi connectivity index (χ0) is 16.0. The second kappa shape index (κ2) is 4.11. The lowest BCUT2D eigenvalue weighted by atomic mass is 9.43. The Bertz CT molecular complexity index is 514. The van der Waals surface area contributed by atoms with E-state index in [1.807, 2.05) is 0 Å². The maximum Gasteiger partial charge on any atom is 0.128 e. The van der Waals surface area contributed by atoms with Gasteiger partial charge in [0, 0.05) is 11.8 Å². The molecule has 2 heteroatoms. The van der Waals surface area contributed by atoms with E-state index in [-0.39, 0.29) is 22.7 Å². The first kappa shape index (κ1) is 15.0. The van der Waals surface area contributed by atoms with E-state index in [9.17, 15) is 10.2 Å². The lowest BCUT2D eigenvalue weighted by molar-refractivity contribution is -0.179. The Morgan fingerprint density at radius 2 is 1.09 bits per heavy atom. The van der Waals surface area contributed by atoms with Crippen LogP contribution in [-0.4, -0.2) is 21.4 Å². The van der Waals surface area contributed by atoms with Crippen LogP contribution in [0.1, 0.15) is 66.2 Å². The monoisotopic (exact) mass is 302 g/mol. The van der Waals surface area contributed by atoms with Crippen LogP contribution in [0, 0.1) is 46.3 Å². The predicted molar refractivity (Wildman–Crippen MR) is 86.9 cm³/mol. The molecule has 0 aromatic heterocycles. The summed E-state index contributed by atoms with van der Waals surface area (Å²) in [6.45, 7) is 9.08. The van der Waals surface area contributed by atoms with Gasteiger partial charge in [0.2, 0.25) is 0 Å². The van der Waals surface area contributed by atoms with Gasteiger partial charge in [-0.1, -0.05) is 39.5 Å². The quantitative estimate of drug-likeness (QED) is 0.674. The van der Waals surface area contributed by atoms with Crippen LogP contribution in [0.5, 0.6) is 0 Å². The Labute approximate surface area is 134 Å². The van der Waals surface area contributed by atoms with Crippen LogP contribution < -0.4 is 0 Å². The summed E-state index contributed by atoms with van der Waals surface area (Å²) in [6, 6.07) is 0. The second-order valence-corrected chi connectivity index (χ2v) is 9.79. The number of hydrogen-bond donors (Lipinski definition) is 2. The molecule has 0 aromatic rings. The van der Waals surface area contributed by atoms with E-state index >= 15 is 0 Å². The fourth-order valence-corrected chi connectivity index (χ4v) is 6.29. The Hall–Kier alpha value is -0.520. The van der Waals surface area contributed by atoms with E-state index in [0.29, 0.717) is 0 Å². The molecular weight excluding hydrogens is 272 g/mol. The van der Waals surface area contributed by atoms with Crippen LogP contribution in [0.3, 0.4) is 0 Å². The van der Waals surface area contributed by atoms with Crippen LogP contribution in [0.2, 0.25) is 0 Å². The van der Waals surface area contributed by atoms with Crippen molar-refractivity contribution in [1.82, 2.24) is 0 Å². The zero-order valence-corrected chi connectivity index (χ0v) is 14.4. The van der Waals surface area contributed by atoms with E-state index in [1.54, 1.807) is 0 Å². The minimum atomic E-state index is -0.876. The zero-order valence-electron chi connectivity index (χ0n) is 14.4. The summed E-state index contributed by atoms with van der Waals surface area (Å²) in [4.78, 5) is 0. The average molecular weight is 302 g/mol. The lowest BCUT2D eigenvalue weighted by Gasteiger charge is -2.63. The van der Waals surface area contributed by atoms with E-state index in [1.165, 1.54) is 0 Å². The van der Waals surface area contributed by atoms with Crippen LogP contribution >= 0.6 is 0 Å². The van der Waals surface area contributed by atoms with Gasteiger partial charge in [0.15, 0.2) is 0 Å². The molecular formula is C20H30O2. The van der Waals surface area contributed by atoms with Gasteiger partial charge >= 0.3 is 0 Å².